The average Bonchev–Trinajstić information content (AvgIpc) is 2.70. The van der Waals surface area contributed by atoms with Crippen LogP contribution in [-0.4, -0.2) is 26.2 Å². The molecule has 2 rings (SSSR count). The van der Waals surface area contributed by atoms with Crippen molar-refractivity contribution in [1.29, 1.82) is 0 Å². The fourth-order valence-electron chi connectivity index (χ4n) is 2.18. The Balaban J connectivity index is 2.39. The van der Waals surface area contributed by atoms with E-state index in [1.54, 1.807) is 0 Å². The first-order chi connectivity index (χ1) is 14.5. The van der Waals surface area contributed by atoms with Crippen LogP contribution in [0.15, 0.2) is 42.1 Å². The summed E-state index contributed by atoms with van der Waals surface area (Å²) in [6, 6.07) is 2.69. The normalized spacial score (nSPS) is 11.7. The van der Waals surface area contributed by atoms with Crippen molar-refractivity contribution in [2.24, 2.45) is 0 Å². The third-order valence-corrected chi connectivity index (χ3v) is 3.62. The summed E-state index contributed by atoms with van der Waals surface area (Å²) in [6.45, 7) is 0. The molecule has 166 valence electrons. The first-order valence-corrected chi connectivity index (χ1v) is 8.15. The number of carbonyl (C=O) groups is 2. The standard InChI is InChI=1S/C19H13F6NO5/c1-29-16(27)8-14(18(28)30-2)26-10-3-4-11(20)15(7-10)31-17-12(21)5-9(6-13(17)22)19(23,24)25/h3-8,26H,1-2H3/b14-8+. The predicted molar refractivity (Wildman–Crippen MR) is 93.6 cm³/mol. The SMILES string of the molecule is COC(=O)/C=C(/Nc1ccc(F)c(Oc2c(F)cc(C(F)(F)F)cc2F)c1)C(=O)OC. The Hall–Kier alpha value is -3.70. The Morgan fingerprint density at radius 2 is 1.55 bits per heavy atom. The van der Waals surface area contributed by atoms with Crippen molar-refractivity contribution in [3.05, 3.63) is 65.1 Å². The lowest BCUT2D eigenvalue weighted by molar-refractivity contribution is -0.138. The Morgan fingerprint density at radius 3 is 2.06 bits per heavy atom. The molecule has 0 aromatic heterocycles. The van der Waals surface area contributed by atoms with E-state index in [1.165, 1.54) is 0 Å². The Morgan fingerprint density at radius 1 is 0.935 bits per heavy atom. The zero-order valence-corrected chi connectivity index (χ0v) is 15.8. The van der Waals surface area contributed by atoms with Crippen molar-refractivity contribution in [3.63, 3.8) is 0 Å². The first kappa shape index (κ1) is 23.6. The Labute approximate surface area is 171 Å². The molecule has 31 heavy (non-hydrogen) atoms. The summed E-state index contributed by atoms with van der Waals surface area (Å²) in [6.07, 6.45) is -4.28. The van der Waals surface area contributed by atoms with Crippen molar-refractivity contribution in [1.82, 2.24) is 0 Å². The second kappa shape index (κ2) is 9.41. The number of carbonyl (C=O) groups excluding carboxylic acids is 2. The highest BCUT2D eigenvalue weighted by Gasteiger charge is 2.33. The number of ether oxygens (including phenoxy) is 3. The molecule has 0 heterocycles. The molecule has 0 saturated carbocycles. The van der Waals surface area contributed by atoms with Gasteiger partial charge in [0.25, 0.3) is 0 Å². The van der Waals surface area contributed by atoms with E-state index >= 15 is 0 Å². The highest BCUT2D eigenvalue weighted by atomic mass is 19.4. The smallest absolute Gasteiger partial charge is 0.416 e. The van der Waals surface area contributed by atoms with E-state index < -0.39 is 58.3 Å². The minimum atomic E-state index is -5.01. The van der Waals surface area contributed by atoms with Gasteiger partial charge in [-0.1, -0.05) is 0 Å². The summed E-state index contributed by atoms with van der Waals surface area (Å²) in [4.78, 5) is 23.1. The van der Waals surface area contributed by atoms with Gasteiger partial charge in [0, 0.05) is 11.8 Å². The molecule has 0 fully saturated rings. The highest BCUT2D eigenvalue weighted by Crippen LogP contribution is 2.36. The lowest BCUT2D eigenvalue weighted by Crippen LogP contribution is -2.15. The van der Waals surface area contributed by atoms with Crippen molar-refractivity contribution >= 4 is 17.6 Å². The van der Waals surface area contributed by atoms with Gasteiger partial charge >= 0.3 is 18.1 Å². The highest BCUT2D eigenvalue weighted by molar-refractivity contribution is 5.98. The van der Waals surface area contributed by atoms with Crippen LogP contribution >= 0.6 is 0 Å². The molecule has 1 N–H and O–H groups in total. The van der Waals surface area contributed by atoms with Gasteiger partial charge in [0.2, 0.25) is 0 Å². The fraction of sp³-hybridized carbons (Fsp3) is 0.158. The molecule has 0 aliphatic heterocycles. The molecular weight excluding hydrogens is 436 g/mol. The number of methoxy groups -OCH3 is 2. The van der Waals surface area contributed by atoms with Gasteiger partial charge in [0.05, 0.1) is 25.9 Å². The number of benzene rings is 2. The largest absolute Gasteiger partial charge is 0.466 e. The number of hydrogen-bond donors (Lipinski definition) is 1. The van der Waals surface area contributed by atoms with Gasteiger partial charge in [-0.05, 0) is 24.3 Å². The minimum absolute atomic E-state index is 0.00707. The summed E-state index contributed by atoms with van der Waals surface area (Å²) >= 11 is 0. The molecule has 0 atom stereocenters. The molecular formula is C19H13F6NO5. The molecule has 0 spiro atoms. The maximum atomic E-state index is 14.1. The zero-order chi connectivity index (χ0) is 23.3. The summed E-state index contributed by atoms with van der Waals surface area (Å²) in [5.41, 5.74) is -2.12. The molecule has 6 nitrogen and oxygen atoms in total. The molecule has 12 heteroatoms. The molecule has 0 saturated heterocycles. The molecule has 0 aliphatic rings. The van der Waals surface area contributed by atoms with E-state index in [0.29, 0.717) is 0 Å². The van der Waals surface area contributed by atoms with Crippen molar-refractivity contribution in [2.75, 3.05) is 19.5 Å². The van der Waals surface area contributed by atoms with Gasteiger partial charge in [0.15, 0.2) is 29.0 Å². The second-order valence-corrected chi connectivity index (χ2v) is 5.71. The second-order valence-electron chi connectivity index (χ2n) is 5.71. The predicted octanol–water partition coefficient (Wildman–Crippen LogP) is 4.56. The van der Waals surface area contributed by atoms with E-state index in [2.05, 4.69) is 14.8 Å². The summed E-state index contributed by atoms with van der Waals surface area (Å²) in [5, 5.41) is 2.41. The quantitative estimate of drug-likeness (QED) is 0.396. The molecule has 0 unspecified atom stereocenters. The number of alkyl halides is 3. The summed E-state index contributed by atoms with van der Waals surface area (Å²) in [5.74, 6) is -8.55. The topological polar surface area (TPSA) is 73.9 Å². The number of rotatable bonds is 6. The molecule has 0 aliphatic carbocycles. The third-order valence-electron chi connectivity index (χ3n) is 3.62. The van der Waals surface area contributed by atoms with Crippen LogP contribution in [0.1, 0.15) is 5.56 Å². The fourth-order valence-corrected chi connectivity index (χ4v) is 2.18. The number of halogens is 6. The maximum absolute atomic E-state index is 14.1. The van der Waals surface area contributed by atoms with Gasteiger partial charge in [-0.25, -0.2) is 22.8 Å². The van der Waals surface area contributed by atoms with Crippen LogP contribution in [0.4, 0.5) is 32.0 Å². The van der Waals surface area contributed by atoms with Crippen LogP contribution in [0.25, 0.3) is 0 Å². The van der Waals surface area contributed by atoms with Crippen LogP contribution in [0.3, 0.4) is 0 Å². The summed E-state index contributed by atoms with van der Waals surface area (Å²) in [7, 11) is 2.06. The van der Waals surface area contributed by atoms with Crippen molar-refractivity contribution in [2.45, 2.75) is 6.18 Å². The van der Waals surface area contributed by atoms with Crippen molar-refractivity contribution < 1.29 is 50.1 Å². The summed E-state index contributed by atoms with van der Waals surface area (Å²) < 4.78 is 93.6. The van der Waals surface area contributed by atoms with Crippen molar-refractivity contribution in [3.8, 4) is 11.5 Å². The van der Waals surface area contributed by atoms with E-state index in [9.17, 15) is 35.9 Å². The number of anilines is 1. The molecule has 2 aromatic rings. The molecule has 2 aromatic carbocycles. The zero-order valence-electron chi connectivity index (χ0n) is 15.8. The number of nitrogens with one attached hydrogen (secondary N) is 1. The van der Waals surface area contributed by atoms with Gasteiger partial charge in [-0.2, -0.15) is 13.2 Å². The van der Waals surface area contributed by atoms with Crippen LogP contribution in [-0.2, 0) is 25.2 Å². The van der Waals surface area contributed by atoms with Crippen LogP contribution in [0, 0.1) is 17.5 Å². The van der Waals surface area contributed by atoms with Crippen LogP contribution in [0.5, 0.6) is 11.5 Å². The Kier molecular flexibility index (Phi) is 7.16. The average molecular weight is 449 g/mol. The lowest BCUT2D eigenvalue weighted by Gasteiger charge is -2.14. The van der Waals surface area contributed by atoms with Crippen LogP contribution in [0.2, 0.25) is 0 Å². The lowest BCUT2D eigenvalue weighted by atomic mass is 10.2. The van der Waals surface area contributed by atoms with E-state index in [4.69, 9.17) is 4.74 Å². The number of hydrogen-bond acceptors (Lipinski definition) is 6. The maximum Gasteiger partial charge on any atom is 0.416 e. The van der Waals surface area contributed by atoms with Gasteiger partial charge < -0.3 is 19.5 Å². The third kappa shape index (κ3) is 5.90. The van der Waals surface area contributed by atoms with Crippen LogP contribution < -0.4 is 10.1 Å². The monoisotopic (exact) mass is 449 g/mol. The first-order valence-electron chi connectivity index (χ1n) is 8.15. The minimum Gasteiger partial charge on any atom is -0.466 e. The van der Waals surface area contributed by atoms with E-state index in [-0.39, 0.29) is 17.8 Å². The van der Waals surface area contributed by atoms with E-state index in [0.717, 1.165) is 38.5 Å². The molecule has 0 amide bonds. The Bertz CT molecular complexity index is 1010. The molecule has 0 radical (unpaired) electrons. The van der Waals surface area contributed by atoms with Gasteiger partial charge in [-0.15, -0.1) is 0 Å². The van der Waals surface area contributed by atoms with Gasteiger partial charge in [0.1, 0.15) is 5.70 Å². The van der Waals surface area contributed by atoms with E-state index in [1.807, 2.05) is 0 Å². The number of esters is 2. The molecule has 0 bridgehead atoms. The van der Waals surface area contributed by atoms with Gasteiger partial charge in [-0.3, -0.25) is 0 Å².